The Morgan fingerprint density at radius 1 is 1.25 bits per heavy atom. The Balaban J connectivity index is 1.93. The molecular formula is C17H14N2O5. The van der Waals surface area contributed by atoms with Gasteiger partial charge in [0.15, 0.2) is 11.5 Å². The van der Waals surface area contributed by atoms with Gasteiger partial charge in [0.25, 0.3) is 5.91 Å². The number of benzene rings is 2. The standard InChI is InChI=1S/C17H14N2O5/c1-10-12-5-3-4-6-14(12)24-16(10)17(20)18-11-7-8-15(23-2)13(9-11)19(21)22/h3-9H,1-2H3,(H,18,20). The van der Waals surface area contributed by atoms with Crippen LogP contribution in [-0.4, -0.2) is 17.9 Å². The molecule has 1 N–H and O–H groups in total. The molecule has 0 aliphatic carbocycles. The molecule has 0 saturated carbocycles. The SMILES string of the molecule is COc1ccc(NC(=O)c2oc3ccccc3c2C)cc1[N+](=O)[O-]. The van der Waals surface area contributed by atoms with Crippen LogP contribution in [0.4, 0.5) is 11.4 Å². The van der Waals surface area contributed by atoms with Crippen LogP contribution >= 0.6 is 0 Å². The largest absolute Gasteiger partial charge is 0.490 e. The summed E-state index contributed by atoms with van der Waals surface area (Å²) in [5, 5.41) is 14.5. The summed E-state index contributed by atoms with van der Waals surface area (Å²) in [5.74, 6) is -0.171. The Bertz CT molecular complexity index is 945. The van der Waals surface area contributed by atoms with Gasteiger partial charge in [0.05, 0.1) is 12.0 Å². The van der Waals surface area contributed by atoms with E-state index in [0.717, 1.165) is 5.39 Å². The average Bonchev–Trinajstić information content (AvgIpc) is 2.92. The van der Waals surface area contributed by atoms with Gasteiger partial charge in [-0.25, -0.2) is 0 Å². The van der Waals surface area contributed by atoms with E-state index in [9.17, 15) is 14.9 Å². The molecule has 0 fully saturated rings. The number of anilines is 1. The molecule has 122 valence electrons. The molecule has 1 aromatic heterocycles. The minimum absolute atomic E-state index is 0.123. The molecule has 3 rings (SSSR count). The fraction of sp³-hybridized carbons (Fsp3) is 0.118. The van der Waals surface area contributed by atoms with Crippen molar-refractivity contribution in [3.8, 4) is 5.75 Å². The number of furan rings is 1. The zero-order valence-corrected chi connectivity index (χ0v) is 13.0. The van der Waals surface area contributed by atoms with Crippen LogP contribution in [-0.2, 0) is 0 Å². The Morgan fingerprint density at radius 2 is 2.00 bits per heavy atom. The quantitative estimate of drug-likeness (QED) is 0.579. The number of rotatable bonds is 4. The van der Waals surface area contributed by atoms with Crippen LogP contribution in [0.2, 0.25) is 0 Å². The van der Waals surface area contributed by atoms with Crippen molar-refractivity contribution >= 4 is 28.3 Å². The van der Waals surface area contributed by atoms with Crippen LogP contribution in [0.1, 0.15) is 16.1 Å². The highest BCUT2D eigenvalue weighted by atomic mass is 16.6. The minimum Gasteiger partial charge on any atom is -0.490 e. The van der Waals surface area contributed by atoms with Gasteiger partial charge in [0, 0.05) is 22.7 Å². The van der Waals surface area contributed by atoms with Crippen molar-refractivity contribution in [1.29, 1.82) is 0 Å². The molecular weight excluding hydrogens is 312 g/mol. The molecule has 0 radical (unpaired) electrons. The first kappa shape index (κ1) is 15.5. The summed E-state index contributed by atoms with van der Waals surface area (Å²) in [6.07, 6.45) is 0. The molecule has 24 heavy (non-hydrogen) atoms. The molecule has 0 aliphatic rings. The smallest absolute Gasteiger partial charge is 0.312 e. The second-order valence-electron chi connectivity index (χ2n) is 5.15. The number of methoxy groups -OCH3 is 1. The highest BCUT2D eigenvalue weighted by Crippen LogP contribution is 2.30. The Kier molecular flexibility index (Phi) is 3.91. The zero-order valence-electron chi connectivity index (χ0n) is 13.0. The minimum atomic E-state index is -0.569. The molecule has 0 unspecified atom stereocenters. The molecule has 0 saturated heterocycles. The third kappa shape index (κ3) is 2.67. The predicted octanol–water partition coefficient (Wildman–Crippen LogP) is 3.91. The highest BCUT2D eigenvalue weighted by Gasteiger charge is 2.20. The molecule has 7 heteroatoms. The maximum atomic E-state index is 12.4. The maximum absolute atomic E-state index is 12.4. The second kappa shape index (κ2) is 6.04. The Morgan fingerprint density at radius 3 is 2.67 bits per heavy atom. The van der Waals surface area contributed by atoms with Crippen molar-refractivity contribution in [2.45, 2.75) is 6.92 Å². The fourth-order valence-corrected chi connectivity index (χ4v) is 2.49. The first-order chi connectivity index (χ1) is 11.5. The number of nitro benzene ring substituents is 1. The lowest BCUT2D eigenvalue weighted by Crippen LogP contribution is -2.12. The van der Waals surface area contributed by atoms with Crippen LogP contribution in [0, 0.1) is 17.0 Å². The van der Waals surface area contributed by atoms with Crippen LogP contribution in [0.5, 0.6) is 5.75 Å². The van der Waals surface area contributed by atoms with Gasteiger partial charge in [-0.2, -0.15) is 0 Å². The van der Waals surface area contributed by atoms with Gasteiger partial charge >= 0.3 is 5.69 Å². The van der Waals surface area contributed by atoms with Crippen molar-refractivity contribution in [3.05, 3.63) is 63.9 Å². The van der Waals surface area contributed by atoms with Crippen LogP contribution in [0.25, 0.3) is 11.0 Å². The first-order valence-electron chi connectivity index (χ1n) is 7.13. The number of aryl methyl sites for hydroxylation is 1. The van der Waals surface area contributed by atoms with E-state index in [2.05, 4.69) is 5.32 Å². The third-order valence-corrected chi connectivity index (χ3v) is 3.68. The van der Waals surface area contributed by atoms with Gasteiger partial charge in [0.1, 0.15) is 5.58 Å². The fourth-order valence-electron chi connectivity index (χ4n) is 2.49. The van der Waals surface area contributed by atoms with Crippen molar-refractivity contribution in [3.63, 3.8) is 0 Å². The first-order valence-corrected chi connectivity index (χ1v) is 7.13. The van der Waals surface area contributed by atoms with E-state index < -0.39 is 10.8 Å². The lowest BCUT2D eigenvalue weighted by atomic mass is 10.1. The van der Waals surface area contributed by atoms with E-state index >= 15 is 0 Å². The molecule has 0 spiro atoms. The van der Waals surface area contributed by atoms with Gasteiger partial charge in [-0.3, -0.25) is 14.9 Å². The molecule has 0 bridgehead atoms. The van der Waals surface area contributed by atoms with Crippen molar-refractivity contribution in [2.75, 3.05) is 12.4 Å². The zero-order chi connectivity index (χ0) is 17.3. The van der Waals surface area contributed by atoms with Crippen molar-refractivity contribution < 1.29 is 18.9 Å². The molecule has 2 aromatic carbocycles. The third-order valence-electron chi connectivity index (χ3n) is 3.68. The number of carbonyl (C=O) groups excluding carboxylic acids is 1. The summed E-state index contributed by atoms with van der Waals surface area (Å²) in [6.45, 7) is 1.79. The predicted molar refractivity (Wildman–Crippen MR) is 88.6 cm³/mol. The summed E-state index contributed by atoms with van der Waals surface area (Å²) in [6, 6.07) is 11.5. The Hall–Kier alpha value is -3.35. The number of ether oxygens (including phenoxy) is 1. The van der Waals surface area contributed by atoms with Gasteiger partial charge in [-0.15, -0.1) is 0 Å². The molecule has 3 aromatic rings. The lowest BCUT2D eigenvalue weighted by molar-refractivity contribution is -0.385. The normalized spacial score (nSPS) is 10.6. The van der Waals surface area contributed by atoms with Crippen LogP contribution < -0.4 is 10.1 Å². The highest BCUT2D eigenvalue weighted by molar-refractivity contribution is 6.06. The number of para-hydroxylation sites is 1. The number of nitrogens with one attached hydrogen (secondary N) is 1. The van der Waals surface area contributed by atoms with Gasteiger partial charge in [-0.1, -0.05) is 18.2 Å². The molecule has 7 nitrogen and oxygen atoms in total. The second-order valence-corrected chi connectivity index (χ2v) is 5.15. The van der Waals surface area contributed by atoms with Gasteiger partial charge < -0.3 is 14.5 Å². The van der Waals surface area contributed by atoms with Crippen molar-refractivity contribution in [2.24, 2.45) is 0 Å². The van der Waals surface area contributed by atoms with E-state index in [-0.39, 0.29) is 22.9 Å². The molecule has 1 heterocycles. The van der Waals surface area contributed by atoms with E-state index in [1.807, 2.05) is 18.2 Å². The van der Waals surface area contributed by atoms with Crippen LogP contribution in [0.15, 0.2) is 46.9 Å². The number of nitro groups is 1. The molecule has 0 atom stereocenters. The van der Waals surface area contributed by atoms with Crippen LogP contribution in [0.3, 0.4) is 0 Å². The number of hydrogen-bond acceptors (Lipinski definition) is 5. The topological polar surface area (TPSA) is 94.6 Å². The summed E-state index contributed by atoms with van der Waals surface area (Å²) in [7, 11) is 1.35. The molecule has 1 amide bonds. The Labute approximate surface area is 137 Å². The van der Waals surface area contributed by atoms with E-state index in [0.29, 0.717) is 11.1 Å². The van der Waals surface area contributed by atoms with E-state index in [1.54, 1.807) is 13.0 Å². The number of hydrogen-bond donors (Lipinski definition) is 1. The maximum Gasteiger partial charge on any atom is 0.312 e. The molecule has 0 aliphatic heterocycles. The number of carbonyl (C=O) groups is 1. The lowest BCUT2D eigenvalue weighted by Gasteiger charge is -2.06. The summed E-state index contributed by atoms with van der Waals surface area (Å²) in [5.41, 5.74) is 1.39. The van der Waals surface area contributed by atoms with Crippen molar-refractivity contribution in [1.82, 2.24) is 0 Å². The summed E-state index contributed by atoms with van der Waals surface area (Å²) < 4.78 is 10.5. The number of fused-ring (bicyclic) bond motifs is 1. The van der Waals surface area contributed by atoms with Gasteiger partial charge in [0.2, 0.25) is 0 Å². The van der Waals surface area contributed by atoms with E-state index in [1.165, 1.54) is 25.3 Å². The summed E-state index contributed by atoms with van der Waals surface area (Å²) in [4.78, 5) is 22.9. The average molecular weight is 326 g/mol. The van der Waals surface area contributed by atoms with Gasteiger partial charge in [-0.05, 0) is 25.1 Å². The summed E-state index contributed by atoms with van der Waals surface area (Å²) >= 11 is 0. The van der Waals surface area contributed by atoms with E-state index in [4.69, 9.17) is 9.15 Å². The monoisotopic (exact) mass is 326 g/mol. The number of amides is 1. The number of nitrogens with zero attached hydrogens (tertiary/aromatic N) is 1.